The van der Waals surface area contributed by atoms with E-state index in [9.17, 15) is 18.0 Å². The molecular formula is C25H20F3N5O. The first-order valence-electron chi connectivity index (χ1n) is 11.2. The molecule has 0 saturated carbocycles. The van der Waals surface area contributed by atoms with Crippen molar-refractivity contribution >= 4 is 16.8 Å². The largest absolute Gasteiger partial charge is 0.327 e. The van der Waals surface area contributed by atoms with Gasteiger partial charge in [-0.1, -0.05) is 0 Å². The number of halogens is 3. The Morgan fingerprint density at radius 3 is 2.71 bits per heavy atom. The molecule has 0 spiro atoms. The fraction of sp³-hybridized carbons (Fsp3) is 0.280. The molecule has 0 radical (unpaired) electrons. The number of piperidine rings is 1. The molecule has 6 rings (SSSR count). The van der Waals surface area contributed by atoms with E-state index in [0.717, 1.165) is 42.3 Å². The van der Waals surface area contributed by atoms with Crippen molar-refractivity contribution in [3.8, 4) is 11.3 Å². The maximum Gasteiger partial charge on any atom is 0.258 e. The summed E-state index contributed by atoms with van der Waals surface area (Å²) in [4.78, 5) is 24.3. The summed E-state index contributed by atoms with van der Waals surface area (Å²) in [6, 6.07) is 5.29. The maximum atomic E-state index is 14.0. The van der Waals surface area contributed by atoms with Gasteiger partial charge in [0, 0.05) is 48.2 Å². The predicted molar refractivity (Wildman–Crippen MR) is 118 cm³/mol. The fourth-order valence-electron chi connectivity index (χ4n) is 5.50. The minimum absolute atomic E-state index is 0.101. The number of aromatic nitrogens is 4. The zero-order valence-corrected chi connectivity index (χ0v) is 18.3. The number of pyridine rings is 2. The van der Waals surface area contributed by atoms with Crippen LogP contribution in [-0.4, -0.2) is 36.6 Å². The lowest BCUT2D eigenvalue weighted by atomic mass is 9.81. The number of fused-ring (bicyclic) bond motifs is 5. The van der Waals surface area contributed by atoms with Crippen LogP contribution in [0.1, 0.15) is 46.9 Å². The van der Waals surface area contributed by atoms with Gasteiger partial charge in [0.25, 0.3) is 5.91 Å². The normalized spacial score (nSPS) is 19.4. The topological polar surface area (TPSA) is 63.9 Å². The molecule has 6 nitrogen and oxygen atoms in total. The Kier molecular flexibility index (Phi) is 4.68. The lowest BCUT2D eigenvalue weighted by Crippen LogP contribution is -2.50. The minimum Gasteiger partial charge on any atom is -0.327 e. The fourth-order valence-corrected chi connectivity index (χ4v) is 5.50. The lowest BCUT2D eigenvalue weighted by Gasteiger charge is -2.45. The van der Waals surface area contributed by atoms with Gasteiger partial charge in [-0.2, -0.15) is 5.10 Å². The van der Waals surface area contributed by atoms with Gasteiger partial charge >= 0.3 is 0 Å². The van der Waals surface area contributed by atoms with Crippen LogP contribution >= 0.6 is 0 Å². The highest BCUT2D eigenvalue weighted by molar-refractivity contribution is 6.05. The Bertz CT molecular complexity index is 1440. The van der Waals surface area contributed by atoms with E-state index < -0.39 is 17.5 Å². The summed E-state index contributed by atoms with van der Waals surface area (Å²) < 4.78 is 43.1. The Labute approximate surface area is 193 Å². The molecule has 0 N–H and O–H groups in total. The van der Waals surface area contributed by atoms with Crippen LogP contribution in [0.4, 0.5) is 13.2 Å². The molecule has 2 aliphatic heterocycles. The van der Waals surface area contributed by atoms with Gasteiger partial charge in [-0.05, 0) is 49.9 Å². The number of rotatable bonds is 2. The summed E-state index contributed by atoms with van der Waals surface area (Å²) >= 11 is 0. The monoisotopic (exact) mass is 463 g/mol. The predicted octanol–water partition coefficient (Wildman–Crippen LogP) is 4.74. The molecule has 2 bridgehead atoms. The molecular weight excluding hydrogens is 443 g/mol. The third kappa shape index (κ3) is 3.03. The number of hydrogen-bond acceptors (Lipinski definition) is 4. The number of benzene rings is 1. The summed E-state index contributed by atoms with van der Waals surface area (Å²) in [7, 11) is 1.70. The van der Waals surface area contributed by atoms with E-state index in [0.29, 0.717) is 28.9 Å². The van der Waals surface area contributed by atoms with Gasteiger partial charge in [-0.3, -0.25) is 19.4 Å². The lowest BCUT2D eigenvalue weighted by molar-refractivity contribution is 0.0393. The van der Waals surface area contributed by atoms with E-state index in [4.69, 9.17) is 0 Å². The molecule has 1 saturated heterocycles. The van der Waals surface area contributed by atoms with Gasteiger partial charge in [0.2, 0.25) is 0 Å². The van der Waals surface area contributed by atoms with Crippen LogP contribution < -0.4 is 0 Å². The molecule has 1 amide bonds. The van der Waals surface area contributed by atoms with Crippen molar-refractivity contribution in [3.05, 3.63) is 77.1 Å². The SMILES string of the molecule is Cn1nc2c(c1-c1cc(F)c(F)c(F)c1)C[C@H]1CCC[C@@H]2N1C(=O)c1cncc2cccnc12. The van der Waals surface area contributed by atoms with Crippen LogP contribution in [0.5, 0.6) is 0 Å². The smallest absolute Gasteiger partial charge is 0.258 e. The van der Waals surface area contributed by atoms with Crippen LogP contribution in [0.25, 0.3) is 22.2 Å². The number of nitrogens with zero attached hydrogens (tertiary/aromatic N) is 5. The Balaban J connectivity index is 1.46. The minimum atomic E-state index is -1.49. The van der Waals surface area contributed by atoms with E-state index in [1.54, 1.807) is 36.4 Å². The second kappa shape index (κ2) is 7.65. The van der Waals surface area contributed by atoms with Gasteiger partial charge in [-0.25, -0.2) is 13.2 Å². The molecule has 1 fully saturated rings. The van der Waals surface area contributed by atoms with E-state index >= 15 is 0 Å². The Morgan fingerprint density at radius 1 is 1.12 bits per heavy atom. The number of amides is 1. The van der Waals surface area contributed by atoms with Crippen LogP contribution in [0.3, 0.4) is 0 Å². The van der Waals surface area contributed by atoms with Crippen LogP contribution in [0, 0.1) is 17.5 Å². The zero-order chi connectivity index (χ0) is 23.6. The number of carbonyl (C=O) groups excluding carboxylic acids is 1. The van der Waals surface area contributed by atoms with Crippen molar-refractivity contribution in [2.75, 3.05) is 0 Å². The quantitative estimate of drug-likeness (QED) is 0.403. The average molecular weight is 463 g/mol. The third-order valence-corrected chi connectivity index (χ3v) is 6.91. The second-order valence-electron chi connectivity index (χ2n) is 8.87. The standard InChI is InChI=1S/C25H20F3N5O/c1-32-24(14-8-18(26)21(28)19(27)9-14)16-10-15-5-2-6-20(23(16)31-32)33(15)25(34)17-12-29-11-13-4-3-7-30-22(13)17/h3-4,7-9,11-12,15,20H,2,5-6,10H2,1H3/t15-,20+/m1/s1. The van der Waals surface area contributed by atoms with Crippen molar-refractivity contribution < 1.29 is 18.0 Å². The van der Waals surface area contributed by atoms with E-state index in [-0.39, 0.29) is 23.6 Å². The Morgan fingerprint density at radius 2 is 1.91 bits per heavy atom. The summed E-state index contributed by atoms with van der Waals surface area (Å²) in [5.74, 6) is -4.13. The zero-order valence-electron chi connectivity index (χ0n) is 18.3. The van der Waals surface area contributed by atoms with Gasteiger partial charge in [0.05, 0.1) is 28.5 Å². The number of aryl methyl sites for hydroxylation is 1. The number of carbonyl (C=O) groups is 1. The first kappa shape index (κ1) is 20.8. The van der Waals surface area contributed by atoms with Gasteiger partial charge in [-0.15, -0.1) is 0 Å². The van der Waals surface area contributed by atoms with Crippen molar-refractivity contribution in [3.63, 3.8) is 0 Å². The number of hydrogen-bond donors (Lipinski definition) is 0. The molecule has 2 aliphatic rings. The highest BCUT2D eigenvalue weighted by Crippen LogP contribution is 2.45. The molecule has 4 aromatic rings. The van der Waals surface area contributed by atoms with Crippen LogP contribution in [-0.2, 0) is 13.5 Å². The molecule has 1 aromatic carbocycles. The third-order valence-electron chi connectivity index (χ3n) is 6.91. The summed E-state index contributed by atoms with van der Waals surface area (Å²) in [6.45, 7) is 0. The average Bonchev–Trinajstić information content (AvgIpc) is 3.16. The van der Waals surface area contributed by atoms with Gasteiger partial charge in [0.1, 0.15) is 0 Å². The molecule has 2 atom stereocenters. The van der Waals surface area contributed by atoms with Crippen molar-refractivity contribution in [1.29, 1.82) is 0 Å². The highest BCUT2D eigenvalue weighted by atomic mass is 19.2. The van der Waals surface area contributed by atoms with E-state index in [1.165, 1.54) is 0 Å². The van der Waals surface area contributed by atoms with Crippen molar-refractivity contribution in [2.24, 2.45) is 7.05 Å². The highest BCUT2D eigenvalue weighted by Gasteiger charge is 2.44. The Hall–Kier alpha value is -3.75. The molecule has 9 heteroatoms. The van der Waals surface area contributed by atoms with Crippen molar-refractivity contribution in [1.82, 2.24) is 24.6 Å². The van der Waals surface area contributed by atoms with Gasteiger partial charge < -0.3 is 4.90 Å². The molecule has 0 unspecified atom stereocenters. The van der Waals surface area contributed by atoms with E-state index in [1.807, 2.05) is 11.0 Å². The van der Waals surface area contributed by atoms with Gasteiger partial charge in [0.15, 0.2) is 17.5 Å². The molecule has 172 valence electrons. The second-order valence-corrected chi connectivity index (χ2v) is 8.87. The van der Waals surface area contributed by atoms with Crippen LogP contribution in [0.2, 0.25) is 0 Å². The van der Waals surface area contributed by atoms with E-state index in [2.05, 4.69) is 15.1 Å². The molecule has 34 heavy (non-hydrogen) atoms. The first-order valence-corrected chi connectivity index (χ1v) is 11.2. The summed E-state index contributed by atoms with van der Waals surface area (Å²) in [5.41, 5.74) is 3.38. The maximum absolute atomic E-state index is 14.0. The molecule has 0 aliphatic carbocycles. The van der Waals surface area contributed by atoms with Crippen LogP contribution in [0.15, 0.2) is 42.9 Å². The first-order chi connectivity index (χ1) is 16.4. The summed E-state index contributed by atoms with van der Waals surface area (Å²) in [5, 5.41) is 5.46. The molecule has 3 aromatic heterocycles. The molecule has 5 heterocycles. The van der Waals surface area contributed by atoms with Crippen molar-refractivity contribution in [2.45, 2.75) is 37.8 Å². The summed E-state index contributed by atoms with van der Waals surface area (Å²) in [6.07, 6.45) is 7.85.